The monoisotopic (exact) mass is 729 g/mol. The Morgan fingerprint density at radius 3 is 2.38 bits per heavy atom. The maximum absolute atomic E-state index is 14.3. The first-order valence-electron chi connectivity index (χ1n) is 17.0. The second kappa shape index (κ2) is 18.1. The van der Waals surface area contributed by atoms with Gasteiger partial charge < -0.3 is 29.7 Å². The van der Waals surface area contributed by atoms with Gasteiger partial charge in [0, 0.05) is 38.7 Å². The van der Waals surface area contributed by atoms with Crippen LogP contribution in [0.1, 0.15) is 50.4 Å². The number of carbonyl (C=O) groups is 2. The van der Waals surface area contributed by atoms with Crippen LogP contribution in [0.2, 0.25) is 0 Å². The average Bonchev–Trinajstić information content (AvgIpc) is 3.70. The minimum absolute atomic E-state index is 0.0351. The Hall–Kier alpha value is -3.56. The fraction of sp³-hybridized carbons (Fsp3) is 0.528. The molecule has 0 bridgehead atoms. The average molecular weight is 730 g/mol. The Bertz CT molecular complexity index is 1640. The Morgan fingerprint density at radius 1 is 1.06 bits per heavy atom. The van der Waals surface area contributed by atoms with E-state index in [9.17, 15) is 23.1 Å². The number of thiazole rings is 1. The van der Waals surface area contributed by atoms with Crippen molar-refractivity contribution < 1.29 is 32.6 Å². The molecule has 274 valence electrons. The van der Waals surface area contributed by atoms with Crippen LogP contribution in [-0.2, 0) is 39.1 Å². The number of benzene rings is 2. The second-order valence-corrected chi connectivity index (χ2v) is 16.0. The van der Waals surface area contributed by atoms with Crippen molar-refractivity contribution in [2.75, 3.05) is 40.4 Å². The number of aliphatic hydroxyl groups excluding tert-OH is 1. The number of nitrogens with zero attached hydrogens (tertiary/aromatic N) is 4. The zero-order chi connectivity index (χ0) is 36.4. The van der Waals surface area contributed by atoms with Crippen LogP contribution in [0.15, 0.2) is 64.9 Å². The lowest BCUT2D eigenvalue weighted by molar-refractivity contribution is -0.128. The molecule has 50 heavy (non-hydrogen) atoms. The number of urea groups is 1. The van der Waals surface area contributed by atoms with Gasteiger partial charge in [-0.2, -0.15) is 4.31 Å². The number of methoxy groups -OCH3 is 2. The van der Waals surface area contributed by atoms with Gasteiger partial charge in [-0.3, -0.25) is 4.79 Å². The summed E-state index contributed by atoms with van der Waals surface area (Å²) in [5, 5.41) is 17.6. The van der Waals surface area contributed by atoms with E-state index in [-0.39, 0.29) is 48.2 Å². The first kappa shape index (κ1) is 39.2. The predicted molar refractivity (Wildman–Crippen MR) is 193 cm³/mol. The normalized spacial score (nSPS) is 16.1. The van der Waals surface area contributed by atoms with Crippen LogP contribution in [0.3, 0.4) is 0 Å². The largest absolute Gasteiger partial charge is 0.497 e. The second-order valence-electron chi connectivity index (χ2n) is 13.2. The lowest BCUT2D eigenvalue weighted by atomic mass is 9.95. The lowest BCUT2D eigenvalue weighted by Crippen LogP contribution is -2.57. The predicted octanol–water partition coefficient (Wildman–Crippen LogP) is 4.39. The zero-order valence-electron chi connectivity index (χ0n) is 29.8. The third-order valence-corrected chi connectivity index (χ3v) is 11.6. The van der Waals surface area contributed by atoms with E-state index in [1.165, 1.54) is 34.9 Å². The highest BCUT2D eigenvalue weighted by molar-refractivity contribution is 7.89. The number of aromatic nitrogens is 1. The standard InChI is InChI=1S/C36H51N5O7S2/c1-7-26(4)34(41-18-17-39(36(41)44)21-28-24-49-33(37-28)23-47-5)35(43)38-31(19-27-11-9-8-10-12-27)32(42)22-40(20-25(2)3)50(45,46)30-15-13-29(48-6)14-16-30/h8-16,24-26,31-32,34,42H,7,17-23H2,1-6H3,(H,38,43)/t26-,31-,32+,34-/m0/s1. The molecule has 1 saturated heterocycles. The van der Waals surface area contributed by atoms with Gasteiger partial charge in [-0.15, -0.1) is 11.3 Å². The lowest BCUT2D eigenvalue weighted by Gasteiger charge is -2.35. The Kier molecular flexibility index (Phi) is 14.2. The molecular formula is C36H51N5O7S2. The number of rotatable bonds is 19. The van der Waals surface area contributed by atoms with Crippen molar-refractivity contribution in [2.45, 2.75) is 76.8 Å². The minimum Gasteiger partial charge on any atom is -0.497 e. The van der Waals surface area contributed by atoms with Gasteiger partial charge in [-0.05, 0) is 48.1 Å². The molecule has 1 aliphatic heterocycles. The summed E-state index contributed by atoms with van der Waals surface area (Å²) in [5.41, 5.74) is 1.63. The van der Waals surface area contributed by atoms with E-state index in [4.69, 9.17) is 9.47 Å². The molecule has 4 atom stereocenters. The van der Waals surface area contributed by atoms with Gasteiger partial charge in [-0.25, -0.2) is 18.2 Å². The molecule has 4 rings (SSSR count). The summed E-state index contributed by atoms with van der Waals surface area (Å²) in [6, 6.07) is 13.7. The molecule has 1 aliphatic rings. The molecule has 1 fully saturated rings. The smallest absolute Gasteiger partial charge is 0.321 e. The fourth-order valence-electron chi connectivity index (χ4n) is 6.07. The summed E-state index contributed by atoms with van der Waals surface area (Å²) < 4.78 is 39.4. The summed E-state index contributed by atoms with van der Waals surface area (Å²) in [4.78, 5) is 35.9. The van der Waals surface area contributed by atoms with E-state index < -0.39 is 28.2 Å². The summed E-state index contributed by atoms with van der Waals surface area (Å²) in [6.07, 6.45) is -0.366. The molecule has 14 heteroatoms. The van der Waals surface area contributed by atoms with Crippen molar-refractivity contribution in [3.05, 3.63) is 76.2 Å². The van der Waals surface area contributed by atoms with Gasteiger partial charge in [0.2, 0.25) is 15.9 Å². The number of carbonyl (C=O) groups excluding carboxylic acids is 2. The molecule has 12 nitrogen and oxygen atoms in total. The highest BCUT2D eigenvalue weighted by Crippen LogP contribution is 2.25. The molecule has 0 unspecified atom stereocenters. The van der Waals surface area contributed by atoms with Gasteiger partial charge in [0.15, 0.2) is 0 Å². The molecule has 2 aromatic carbocycles. The zero-order valence-corrected chi connectivity index (χ0v) is 31.5. The summed E-state index contributed by atoms with van der Waals surface area (Å²) in [6.45, 7) is 9.19. The molecular weight excluding hydrogens is 679 g/mol. The van der Waals surface area contributed by atoms with Gasteiger partial charge in [0.05, 0.1) is 43.0 Å². The van der Waals surface area contributed by atoms with Crippen LogP contribution in [0, 0.1) is 11.8 Å². The molecule has 3 amide bonds. The molecule has 3 aromatic rings. The molecule has 1 aromatic heterocycles. The maximum atomic E-state index is 14.3. The summed E-state index contributed by atoms with van der Waals surface area (Å²) >= 11 is 1.48. The van der Waals surface area contributed by atoms with Crippen molar-refractivity contribution in [3.63, 3.8) is 0 Å². The van der Waals surface area contributed by atoms with E-state index >= 15 is 0 Å². The van der Waals surface area contributed by atoms with Crippen LogP contribution in [0.25, 0.3) is 0 Å². The van der Waals surface area contributed by atoms with Gasteiger partial charge >= 0.3 is 6.03 Å². The Labute approximate surface area is 300 Å². The third kappa shape index (κ3) is 10.0. The topological polar surface area (TPSA) is 142 Å². The SMILES string of the molecule is CC[C@H](C)[C@@H](C(=O)N[C@@H](Cc1ccccc1)[C@H](O)CN(CC(C)C)S(=O)(=O)c1ccc(OC)cc1)N1CCN(Cc2csc(COC)n2)C1=O. The van der Waals surface area contributed by atoms with Crippen molar-refractivity contribution in [1.82, 2.24) is 24.4 Å². The van der Waals surface area contributed by atoms with Crippen LogP contribution in [0.5, 0.6) is 5.75 Å². The number of hydrogen-bond acceptors (Lipinski definition) is 9. The van der Waals surface area contributed by atoms with Crippen molar-refractivity contribution in [1.29, 1.82) is 0 Å². The van der Waals surface area contributed by atoms with E-state index in [2.05, 4.69) is 10.3 Å². The van der Waals surface area contributed by atoms with Crippen LogP contribution >= 0.6 is 11.3 Å². The van der Waals surface area contributed by atoms with E-state index in [1.54, 1.807) is 29.0 Å². The van der Waals surface area contributed by atoms with Crippen molar-refractivity contribution >= 4 is 33.3 Å². The first-order valence-corrected chi connectivity index (χ1v) is 19.3. The Balaban J connectivity index is 1.57. The minimum atomic E-state index is -4.00. The van der Waals surface area contributed by atoms with Crippen LogP contribution in [-0.4, -0.2) is 103 Å². The van der Waals surface area contributed by atoms with Crippen molar-refractivity contribution in [3.8, 4) is 5.75 Å². The van der Waals surface area contributed by atoms with E-state index in [0.717, 1.165) is 16.3 Å². The first-order chi connectivity index (χ1) is 23.9. The van der Waals surface area contributed by atoms with E-state index in [0.29, 0.717) is 38.4 Å². The molecule has 0 aliphatic carbocycles. The molecule has 2 N–H and O–H groups in total. The number of hydrogen-bond donors (Lipinski definition) is 2. The number of sulfonamides is 1. The van der Waals surface area contributed by atoms with E-state index in [1.807, 2.05) is 63.4 Å². The number of nitrogens with one attached hydrogen (secondary N) is 1. The quantitative estimate of drug-likeness (QED) is 0.185. The number of ether oxygens (including phenoxy) is 2. The third-order valence-electron chi connectivity index (χ3n) is 8.88. The highest BCUT2D eigenvalue weighted by atomic mass is 32.2. The van der Waals surface area contributed by atoms with Gasteiger partial charge in [0.1, 0.15) is 16.8 Å². The highest BCUT2D eigenvalue weighted by Gasteiger charge is 2.41. The summed E-state index contributed by atoms with van der Waals surface area (Å²) in [5.74, 6) is -0.0835. The summed E-state index contributed by atoms with van der Waals surface area (Å²) in [7, 11) is -0.885. The molecule has 0 radical (unpaired) electrons. The number of amides is 3. The molecule has 0 spiro atoms. The fourth-order valence-corrected chi connectivity index (χ4v) is 8.45. The number of aliphatic hydroxyl groups is 1. The Morgan fingerprint density at radius 2 is 1.76 bits per heavy atom. The van der Waals surface area contributed by atoms with Crippen LogP contribution < -0.4 is 10.1 Å². The van der Waals surface area contributed by atoms with Crippen LogP contribution in [0.4, 0.5) is 4.79 Å². The van der Waals surface area contributed by atoms with Gasteiger partial charge in [0.25, 0.3) is 0 Å². The van der Waals surface area contributed by atoms with Gasteiger partial charge in [-0.1, -0.05) is 64.4 Å². The molecule has 2 heterocycles. The van der Waals surface area contributed by atoms with Crippen molar-refractivity contribution in [2.24, 2.45) is 11.8 Å². The molecule has 0 saturated carbocycles. The maximum Gasteiger partial charge on any atom is 0.321 e.